The third-order valence-corrected chi connectivity index (χ3v) is 2.59. The van der Waals surface area contributed by atoms with Crippen LogP contribution in [0.15, 0.2) is 48.8 Å². The van der Waals surface area contributed by atoms with Crippen molar-refractivity contribution in [1.82, 2.24) is 4.98 Å². The number of pyridine rings is 1. The van der Waals surface area contributed by atoms with Crippen molar-refractivity contribution < 1.29 is 0 Å². The number of hydrogen-bond acceptors (Lipinski definition) is 2. The van der Waals surface area contributed by atoms with Crippen LogP contribution in [0.3, 0.4) is 0 Å². The molecule has 0 unspecified atom stereocenters. The van der Waals surface area contributed by atoms with E-state index in [1.54, 1.807) is 6.20 Å². The van der Waals surface area contributed by atoms with Crippen LogP contribution in [0.1, 0.15) is 18.1 Å². The first-order valence-corrected chi connectivity index (χ1v) is 5.60. The van der Waals surface area contributed by atoms with Gasteiger partial charge in [0.05, 0.1) is 5.69 Å². The van der Waals surface area contributed by atoms with Gasteiger partial charge >= 0.3 is 0 Å². The second kappa shape index (κ2) is 5.31. The molecule has 1 aromatic heterocycles. The van der Waals surface area contributed by atoms with E-state index in [0.717, 1.165) is 18.7 Å². The van der Waals surface area contributed by atoms with E-state index in [0.29, 0.717) is 0 Å². The first-order valence-electron chi connectivity index (χ1n) is 5.60. The lowest BCUT2D eigenvalue weighted by Gasteiger charge is -2.06. The molecule has 1 heterocycles. The van der Waals surface area contributed by atoms with Crippen LogP contribution in [0.4, 0.5) is 5.69 Å². The predicted molar refractivity (Wildman–Crippen MR) is 67.4 cm³/mol. The van der Waals surface area contributed by atoms with Gasteiger partial charge in [-0.1, -0.05) is 31.2 Å². The van der Waals surface area contributed by atoms with Gasteiger partial charge in [-0.3, -0.25) is 4.98 Å². The monoisotopic (exact) mass is 212 g/mol. The van der Waals surface area contributed by atoms with Crippen LogP contribution in [-0.4, -0.2) is 4.98 Å². The SMILES string of the molecule is CCc1ccc(CNc2cccnc2)cc1. The van der Waals surface area contributed by atoms with Gasteiger partial charge in [0.1, 0.15) is 0 Å². The molecule has 0 radical (unpaired) electrons. The van der Waals surface area contributed by atoms with E-state index in [-0.39, 0.29) is 0 Å². The predicted octanol–water partition coefficient (Wildman–Crippen LogP) is 3.26. The Hall–Kier alpha value is -1.83. The van der Waals surface area contributed by atoms with Crippen molar-refractivity contribution >= 4 is 5.69 Å². The number of aryl methyl sites for hydroxylation is 1. The maximum atomic E-state index is 4.06. The molecule has 2 heteroatoms. The lowest BCUT2D eigenvalue weighted by atomic mass is 10.1. The second-order valence-electron chi connectivity index (χ2n) is 3.77. The fourth-order valence-corrected chi connectivity index (χ4v) is 1.56. The van der Waals surface area contributed by atoms with Gasteiger partial charge < -0.3 is 5.32 Å². The molecule has 0 amide bonds. The Morgan fingerprint density at radius 3 is 2.44 bits per heavy atom. The molecular formula is C14H16N2. The average Bonchev–Trinajstić information content (AvgIpc) is 2.38. The van der Waals surface area contributed by atoms with Crippen molar-refractivity contribution in [3.05, 3.63) is 59.9 Å². The van der Waals surface area contributed by atoms with Gasteiger partial charge in [-0.2, -0.15) is 0 Å². The maximum Gasteiger partial charge on any atom is 0.0529 e. The first-order chi connectivity index (χ1) is 7.88. The van der Waals surface area contributed by atoms with Crippen molar-refractivity contribution in [2.24, 2.45) is 0 Å². The van der Waals surface area contributed by atoms with Crippen molar-refractivity contribution in [3.8, 4) is 0 Å². The molecule has 16 heavy (non-hydrogen) atoms. The second-order valence-corrected chi connectivity index (χ2v) is 3.77. The van der Waals surface area contributed by atoms with Crippen molar-refractivity contribution in [2.45, 2.75) is 19.9 Å². The van der Waals surface area contributed by atoms with Crippen LogP contribution in [0.25, 0.3) is 0 Å². The highest BCUT2D eigenvalue weighted by Crippen LogP contribution is 2.08. The standard InChI is InChI=1S/C14H16N2/c1-2-12-5-7-13(8-6-12)10-16-14-4-3-9-15-11-14/h3-9,11,16H,2,10H2,1H3. The molecule has 0 fully saturated rings. The Kier molecular flexibility index (Phi) is 3.54. The molecule has 0 spiro atoms. The summed E-state index contributed by atoms with van der Waals surface area (Å²) in [6.07, 6.45) is 4.71. The molecule has 0 saturated heterocycles. The summed E-state index contributed by atoms with van der Waals surface area (Å²) in [6, 6.07) is 12.7. The van der Waals surface area contributed by atoms with Crippen molar-refractivity contribution in [3.63, 3.8) is 0 Å². The highest BCUT2D eigenvalue weighted by atomic mass is 14.9. The fraction of sp³-hybridized carbons (Fsp3) is 0.214. The van der Waals surface area contributed by atoms with Gasteiger partial charge in [0.25, 0.3) is 0 Å². The van der Waals surface area contributed by atoms with Gasteiger partial charge in [0, 0.05) is 18.9 Å². The Balaban J connectivity index is 1.94. The summed E-state index contributed by atoms with van der Waals surface area (Å²) in [7, 11) is 0. The zero-order valence-corrected chi connectivity index (χ0v) is 9.48. The molecule has 1 N–H and O–H groups in total. The summed E-state index contributed by atoms with van der Waals surface area (Å²) in [4.78, 5) is 4.06. The van der Waals surface area contributed by atoms with Crippen LogP contribution >= 0.6 is 0 Å². The third-order valence-electron chi connectivity index (χ3n) is 2.59. The van der Waals surface area contributed by atoms with E-state index in [4.69, 9.17) is 0 Å². The summed E-state index contributed by atoms with van der Waals surface area (Å²) >= 11 is 0. The molecule has 2 nitrogen and oxygen atoms in total. The molecule has 0 aliphatic heterocycles. The van der Waals surface area contributed by atoms with E-state index in [1.165, 1.54) is 11.1 Å². The van der Waals surface area contributed by atoms with Gasteiger partial charge in [-0.15, -0.1) is 0 Å². The zero-order valence-electron chi connectivity index (χ0n) is 9.48. The number of hydrogen-bond donors (Lipinski definition) is 1. The first kappa shape index (κ1) is 10.7. The summed E-state index contributed by atoms with van der Waals surface area (Å²) in [5.74, 6) is 0. The number of rotatable bonds is 4. The summed E-state index contributed by atoms with van der Waals surface area (Å²) in [5, 5.41) is 3.34. The Morgan fingerprint density at radius 2 is 1.81 bits per heavy atom. The lowest BCUT2D eigenvalue weighted by molar-refractivity contribution is 1.10. The quantitative estimate of drug-likeness (QED) is 0.841. The lowest BCUT2D eigenvalue weighted by Crippen LogP contribution is -1.99. The minimum Gasteiger partial charge on any atom is -0.380 e. The number of benzene rings is 1. The molecule has 82 valence electrons. The van der Waals surface area contributed by atoms with E-state index in [2.05, 4.69) is 41.5 Å². The van der Waals surface area contributed by atoms with E-state index in [1.807, 2.05) is 18.3 Å². The van der Waals surface area contributed by atoms with Gasteiger partial charge in [0.15, 0.2) is 0 Å². The zero-order chi connectivity index (χ0) is 11.2. The number of nitrogens with zero attached hydrogens (tertiary/aromatic N) is 1. The molecule has 0 bridgehead atoms. The highest BCUT2D eigenvalue weighted by molar-refractivity contribution is 5.40. The third kappa shape index (κ3) is 2.83. The topological polar surface area (TPSA) is 24.9 Å². The van der Waals surface area contributed by atoms with Crippen LogP contribution in [-0.2, 0) is 13.0 Å². The highest BCUT2D eigenvalue weighted by Gasteiger charge is 1.94. The molecule has 2 aromatic rings. The van der Waals surface area contributed by atoms with Gasteiger partial charge in [-0.25, -0.2) is 0 Å². The van der Waals surface area contributed by atoms with E-state index < -0.39 is 0 Å². The maximum absolute atomic E-state index is 4.06. The molecule has 0 saturated carbocycles. The number of nitrogens with one attached hydrogen (secondary N) is 1. The Labute approximate surface area is 96.4 Å². The van der Waals surface area contributed by atoms with Crippen molar-refractivity contribution in [1.29, 1.82) is 0 Å². The molecule has 2 rings (SSSR count). The van der Waals surface area contributed by atoms with Crippen LogP contribution in [0, 0.1) is 0 Å². The van der Waals surface area contributed by atoms with Crippen LogP contribution in [0.2, 0.25) is 0 Å². The normalized spacial score (nSPS) is 10.1. The van der Waals surface area contributed by atoms with Gasteiger partial charge in [-0.05, 0) is 29.7 Å². The minimum absolute atomic E-state index is 0.843. The van der Waals surface area contributed by atoms with Gasteiger partial charge in [0.2, 0.25) is 0 Å². The molecule has 0 aliphatic rings. The molecule has 0 atom stereocenters. The largest absolute Gasteiger partial charge is 0.380 e. The summed E-state index contributed by atoms with van der Waals surface area (Å²) in [6.45, 7) is 3.01. The number of aromatic nitrogens is 1. The van der Waals surface area contributed by atoms with Crippen LogP contribution in [0.5, 0.6) is 0 Å². The molecular weight excluding hydrogens is 196 g/mol. The minimum atomic E-state index is 0.843. The van der Waals surface area contributed by atoms with E-state index in [9.17, 15) is 0 Å². The Bertz CT molecular complexity index is 420. The number of anilines is 1. The average molecular weight is 212 g/mol. The van der Waals surface area contributed by atoms with E-state index >= 15 is 0 Å². The summed E-state index contributed by atoms with van der Waals surface area (Å²) < 4.78 is 0. The molecule has 0 aliphatic carbocycles. The smallest absolute Gasteiger partial charge is 0.0529 e. The molecule has 1 aromatic carbocycles. The fourth-order valence-electron chi connectivity index (χ4n) is 1.56. The van der Waals surface area contributed by atoms with Crippen LogP contribution < -0.4 is 5.32 Å². The Morgan fingerprint density at radius 1 is 1.06 bits per heavy atom. The van der Waals surface area contributed by atoms with Crippen molar-refractivity contribution in [2.75, 3.05) is 5.32 Å². The summed E-state index contributed by atoms with van der Waals surface area (Å²) in [5.41, 5.74) is 3.73.